The number of fused-ring (bicyclic) bond motifs is 2. The second-order valence-corrected chi connectivity index (χ2v) is 7.43. The van der Waals surface area contributed by atoms with E-state index in [4.69, 9.17) is 0 Å². The third kappa shape index (κ3) is 3.28. The number of rotatable bonds is 5. The molecule has 0 radical (unpaired) electrons. The number of hydrogen-bond donors (Lipinski definition) is 0. The summed E-state index contributed by atoms with van der Waals surface area (Å²) >= 11 is 1.79. The fraction of sp³-hybridized carbons (Fsp3) is 0.350. The summed E-state index contributed by atoms with van der Waals surface area (Å²) in [6, 6.07) is 17.1. The maximum absolute atomic E-state index is 9.29. The molecule has 24 heavy (non-hydrogen) atoms. The van der Waals surface area contributed by atoms with Crippen molar-refractivity contribution in [2.75, 3.05) is 25.0 Å². The SMILES string of the molecule is CCCN(C)C[C@@H](C)N1c2ccccc2Sc2ccc(C#N)cc21. The Morgan fingerprint density at radius 1 is 1.17 bits per heavy atom. The Balaban J connectivity index is 2.02. The average Bonchev–Trinajstić information content (AvgIpc) is 2.59. The molecule has 0 saturated heterocycles. The van der Waals surface area contributed by atoms with Crippen LogP contribution in [0.5, 0.6) is 0 Å². The van der Waals surface area contributed by atoms with Crippen LogP contribution in [0.1, 0.15) is 25.8 Å². The van der Waals surface area contributed by atoms with Crippen LogP contribution in [0.25, 0.3) is 0 Å². The van der Waals surface area contributed by atoms with Crippen molar-refractivity contribution in [3.05, 3.63) is 48.0 Å². The number of nitriles is 1. The van der Waals surface area contributed by atoms with Crippen molar-refractivity contribution in [2.24, 2.45) is 0 Å². The van der Waals surface area contributed by atoms with E-state index in [1.807, 2.05) is 12.1 Å². The van der Waals surface area contributed by atoms with Crippen LogP contribution >= 0.6 is 11.8 Å². The lowest BCUT2D eigenvalue weighted by molar-refractivity contribution is 0.316. The molecule has 1 aliphatic heterocycles. The molecule has 1 aliphatic rings. The van der Waals surface area contributed by atoms with E-state index in [2.05, 4.69) is 67.1 Å². The molecular weight excluding hydrogens is 314 g/mol. The Morgan fingerprint density at radius 2 is 1.92 bits per heavy atom. The van der Waals surface area contributed by atoms with Gasteiger partial charge in [0.2, 0.25) is 0 Å². The first-order valence-corrected chi connectivity index (χ1v) is 9.24. The van der Waals surface area contributed by atoms with Crippen LogP contribution in [-0.4, -0.2) is 31.1 Å². The summed E-state index contributed by atoms with van der Waals surface area (Å²) in [5.41, 5.74) is 3.10. The molecule has 1 atom stereocenters. The third-order valence-electron chi connectivity index (χ3n) is 4.31. The largest absolute Gasteiger partial charge is 0.335 e. The number of likely N-dealkylation sites (N-methyl/N-ethyl adjacent to an activating group) is 1. The van der Waals surface area contributed by atoms with E-state index in [-0.39, 0.29) is 0 Å². The van der Waals surface area contributed by atoms with Gasteiger partial charge >= 0.3 is 0 Å². The van der Waals surface area contributed by atoms with E-state index >= 15 is 0 Å². The predicted molar refractivity (Wildman–Crippen MR) is 101 cm³/mol. The van der Waals surface area contributed by atoms with Crippen LogP contribution in [-0.2, 0) is 0 Å². The molecule has 0 aliphatic carbocycles. The molecule has 0 amide bonds. The van der Waals surface area contributed by atoms with Crippen molar-refractivity contribution in [2.45, 2.75) is 36.1 Å². The normalized spacial score (nSPS) is 14.0. The van der Waals surface area contributed by atoms with Crippen LogP contribution in [0, 0.1) is 11.3 Å². The number of para-hydroxylation sites is 1. The van der Waals surface area contributed by atoms with Crippen molar-refractivity contribution in [1.82, 2.24) is 4.90 Å². The molecule has 0 N–H and O–H groups in total. The highest BCUT2D eigenvalue weighted by Crippen LogP contribution is 2.49. The predicted octanol–water partition coefficient (Wildman–Crippen LogP) is 4.89. The smallest absolute Gasteiger partial charge is 0.0992 e. The zero-order valence-corrected chi connectivity index (χ0v) is 15.3. The molecule has 124 valence electrons. The molecule has 0 saturated carbocycles. The van der Waals surface area contributed by atoms with Gasteiger partial charge in [-0.2, -0.15) is 5.26 Å². The molecule has 3 nitrogen and oxygen atoms in total. The maximum atomic E-state index is 9.29. The van der Waals surface area contributed by atoms with Crippen LogP contribution in [0.15, 0.2) is 52.3 Å². The highest BCUT2D eigenvalue weighted by Gasteiger charge is 2.27. The summed E-state index contributed by atoms with van der Waals surface area (Å²) in [6.07, 6.45) is 1.16. The van der Waals surface area contributed by atoms with E-state index in [0.29, 0.717) is 11.6 Å². The number of nitrogens with zero attached hydrogens (tertiary/aromatic N) is 3. The second kappa shape index (κ2) is 7.29. The van der Waals surface area contributed by atoms with E-state index < -0.39 is 0 Å². The Hall–Kier alpha value is -1.96. The first kappa shape index (κ1) is 16.9. The van der Waals surface area contributed by atoms with Gasteiger partial charge in [-0.05, 0) is 57.3 Å². The summed E-state index contributed by atoms with van der Waals surface area (Å²) in [7, 11) is 2.18. The molecule has 0 spiro atoms. The minimum Gasteiger partial charge on any atom is -0.335 e. The number of hydrogen-bond acceptors (Lipinski definition) is 4. The summed E-state index contributed by atoms with van der Waals surface area (Å²) in [5, 5.41) is 9.29. The fourth-order valence-electron chi connectivity index (χ4n) is 3.33. The maximum Gasteiger partial charge on any atom is 0.0992 e. The minimum atomic E-state index is 0.330. The zero-order chi connectivity index (χ0) is 17.1. The van der Waals surface area contributed by atoms with Gasteiger partial charge in [0.25, 0.3) is 0 Å². The van der Waals surface area contributed by atoms with E-state index in [9.17, 15) is 5.26 Å². The van der Waals surface area contributed by atoms with Gasteiger partial charge in [-0.3, -0.25) is 0 Å². The van der Waals surface area contributed by atoms with Crippen LogP contribution in [0.2, 0.25) is 0 Å². The molecule has 2 aromatic rings. The first-order chi connectivity index (χ1) is 11.6. The summed E-state index contributed by atoms with van der Waals surface area (Å²) < 4.78 is 0. The summed E-state index contributed by atoms with van der Waals surface area (Å²) in [6.45, 7) is 6.56. The number of anilines is 2. The molecular formula is C20H23N3S. The van der Waals surface area contributed by atoms with Gasteiger partial charge in [-0.25, -0.2) is 0 Å². The Morgan fingerprint density at radius 3 is 2.67 bits per heavy atom. The fourth-order valence-corrected chi connectivity index (χ4v) is 4.39. The molecule has 4 heteroatoms. The lowest BCUT2D eigenvalue weighted by Crippen LogP contribution is -2.39. The molecule has 1 heterocycles. The molecule has 0 fully saturated rings. The van der Waals surface area contributed by atoms with Crippen LogP contribution in [0.4, 0.5) is 11.4 Å². The third-order valence-corrected chi connectivity index (χ3v) is 5.44. The highest BCUT2D eigenvalue weighted by atomic mass is 32.2. The topological polar surface area (TPSA) is 30.3 Å². The van der Waals surface area contributed by atoms with Gasteiger partial charge in [0.05, 0.1) is 23.0 Å². The lowest BCUT2D eigenvalue weighted by Gasteiger charge is -2.38. The molecule has 0 unspecified atom stereocenters. The van der Waals surface area contributed by atoms with Gasteiger partial charge < -0.3 is 9.80 Å². The van der Waals surface area contributed by atoms with Gasteiger partial charge in [0.15, 0.2) is 0 Å². The highest BCUT2D eigenvalue weighted by molar-refractivity contribution is 7.99. The first-order valence-electron chi connectivity index (χ1n) is 8.43. The van der Waals surface area contributed by atoms with E-state index in [1.165, 1.54) is 15.5 Å². The molecule has 0 bridgehead atoms. The van der Waals surface area contributed by atoms with Crippen molar-refractivity contribution in [3.63, 3.8) is 0 Å². The average molecular weight is 337 g/mol. The zero-order valence-electron chi connectivity index (χ0n) is 14.5. The Labute approximate surface area is 148 Å². The summed E-state index contributed by atoms with van der Waals surface area (Å²) in [5.74, 6) is 0. The lowest BCUT2D eigenvalue weighted by atomic mass is 10.1. The monoisotopic (exact) mass is 337 g/mol. The van der Waals surface area contributed by atoms with Gasteiger partial charge in [0, 0.05) is 22.4 Å². The van der Waals surface area contributed by atoms with Gasteiger partial charge in [-0.15, -0.1) is 0 Å². The van der Waals surface area contributed by atoms with E-state index in [1.54, 1.807) is 11.8 Å². The molecule has 0 aromatic heterocycles. The van der Waals surface area contributed by atoms with Crippen LogP contribution < -0.4 is 4.90 Å². The Bertz CT molecular complexity index is 766. The minimum absolute atomic E-state index is 0.330. The van der Waals surface area contributed by atoms with Crippen molar-refractivity contribution in [1.29, 1.82) is 5.26 Å². The van der Waals surface area contributed by atoms with E-state index in [0.717, 1.165) is 25.2 Å². The van der Waals surface area contributed by atoms with Gasteiger partial charge in [0.1, 0.15) is 0 Å². The van der Waals surface area contributed by atoms with Crippen LogP contribution in [0.3, 0.4) is 0 Å². The quantitative estimate of drug-likeness (QED) is 0.777. The van der Waals surface area contributed by atoms with Crippen molar-refractivity contribution < 1.29 is 0 Å². The second-order valence-electron chi connectivity index (χ2n) is 6.35. The molecule has 3 rings (SSSR count). The van der Waals surface area contributed by atoms with Crippen molar-refractivity contribution in [3.8, 4) is 6.07 Å². The summed E-state index contributed by atoms with van der Waals surface area (Å²) in [4.78, 5) is 7.27. The van der Waals surface area contributed by atoms with Gasteiger partial charge in [-0.1, -0.05) is 30.8 Å². The Kier molecular flexibility index (Phi) is 5.13. The standard InChI is InChI=1S/C20H23N3S/c1-4-11-22(3)14-15(2)23-17-7-5-6-8-19(17)24-20-10-9-16(13-21)12-18(20)23/h5-10,12,15H,4,11,14H2,1-3H3/t15-/m1/s1. The number of benzene rings is 2. The van der Waals surface area contributed by atoms with Crippen molar-refractivity contribution >= 4 is 23.1 Å². The molecule has 2 aromatic carbocycles.